The Labute approximate surface area is 117 Å². The van der Waals surface area contributed by atoms with E-state index in [-0.39, 0.29) is 0 Å². The Hall–Kier alpha value is 0.177. The van der Waals surface area contributed by atoms with Crippen LogP contribution in [-0.2, 0) is 4.43 Å². The topological polar surface area (TPSA) is 9.23 Å². The smallest absolute Gasteiger partial charge is 0.193 e. The molecule has 0 saturated heterocycles. The molecular formula is C16H36OSi. The van der Waals surface area contributed by atoms with Crippen LogP contribution >= 0.6 is 0 Å². The van der Waals surface area contributed by atoms with Crippen molar-refractivity contribution in [2.24, 2.45) is 0 Å². The van der Waals surface area contributed by atoms with E-state index in [0.717, 1.165) is 0 Å². The fourth-order valence-corrected chi connectivity index (χ4v) is 7.68. The van der Waals surface area contributed by atoms with E-state index in [1.807, 2.05) is 0 Å². The molecule has 0 saturated carbocycles. The first-order chi connectivity index (χ1) is 8.64. The molecule has 0 aliphatic carbocycles. The molecule has 110 valence electrons. The number of hydrogen-bond acceptors (Lipinski definition) is 1. The molecule has 1 unspecified atom stereocenters. The zero-order valence-electron chi connectivity index (χ0n) is 13.6. The minimum absolute atomic E-state index is 0.474. The molecule has 0 aromatic carbocycles. The summed E-state index contributed by atoms with van der Waals surface area (Å²) in [5.41, 5.74) is 0. The van der Waals surface area contributed by atoms with Crippen molar-refractivity contribution in [3.63, 3.8) is 0 Å². The summed E-state index contributed by atoms with van der Waals surface area (Å²) < 4.78 is 6.63. The van der Waals surface area contributed by atoms with Gasteiger partial charge < -0.3 is 4.43 Å². The Morgan fingerprint density at radius 3 is 1.44 bits per heavy atom. The molecular weight excluding hydrogens is 236 g/mol. The normalized spacial score (nSPS) is 13.8. The van der Waals surface area contributed by atoms with Gasteiger partial charge >= 0.3 is 0 Å². The van der Waals surface area contributed by atoms with Gasteiger partial charge in [-0.25, -0.2) is 0 Å². The molecule has 2 heteroatoms. The van der Waals surface area contributed by atoms with Crippen molar-refractivity contribution in [3.05, 3.63) is 0 Å². The lowest BCUT2D eigenvalue weighted by atomic mass is 10.3. The van der Waals surface area contributed by atoms with Crippen molar-refractivity contribution in [1.82, 2.24) is 0 Å². The fraction of sp³-hybridized carbons (Fsp3) is 1.00. The third kappa shape index (κ3) is 7.58. The van der Waals surface area contributed by atoms with Gasteiger partial charge in [-0.2, -0.15) is 0 Å². The van der Waals surface area contributed by atoms with Crippen LogP contribution in [0.3, 0.4) is 0 Å². The molecule has 0 bridgehead atoms. The molecule has 0 aliphatic rings. The molecule has 0 fully saturated rings. The second-order valence-corrected chi connectivity index (χ2v) is 9.93. The summed E-state index contributed by atoms with van der Waals surface area (Å²) >= 11 is 0. The Bertz CT molecular complexity index is 160. The molecule has 1 nitrogen and oxygen atoms in total. The molecule has 0 aromatic heterocycles. The minimum Gasteiger partial charge on any atom is -0.414 e. The van der Waals surface area contributed by atoms with Crippen molar-refractivity contribution < 1.29 is 4.43 Å². The standard InChI is InChI=1S/C16H36OSi/c1-6-10-13-18(14-11-7-2,15-12-8-3)17-16(5)9-4/h16H,6-15H2,1-5H3. The summed E-state index contributed by atoms with van der Waals surface area (Å²) in [4.78, 5) is 0. The average Bonchev–Trinajstić information content (AvgIpc) is 2.40. The quantitative estimate of drug-likeness (QED) is 0.387. The highest BCUT2D eigenvalue weighted by molar-refractivity contribution is 6.73. The summed E-state index contributed by atoms with van der Waals surface area (Å²) in [5, 5.41) is 0. The molecule has 0 radical (unpaired) electrons. The van der Waals surface area contributed by atoms with E-state index >= 15 is 0 Å². The molecule has 0 heterocycles. The van der Waals surface area contributed by atoms with Crippen molar-refractivity contribution in [2.75, 3.05) is 0 Å². The highest BCUT2D eigenvalue weighted by Gasteiger charge is 2.34. The van der Waals surface area contributed by atoms with E-state index in [2.05, 4.69) is 34.6 Å². The summed E-state index contributed by atoms with van der Waals surface area (Å²) in [6, 6.07) is 4.19. The number of unbranched alkanes of at least 4 members (excludes halogenated alkanes) is 3. The molecule has 0 aromatic rings. The number of rotatable bonds is 12. The lowest BCUT2D eigenvalue weighted by molar-refractivity contribution is 0.198. The third-order valence-corrected chi connectivity index (χ3v) is 8.68. The van der Waals surface area contributed by atoms with Crippen LogP contribution < -0.4 is 0 Å². The van der Waals surface area contributed by atoms with Gasteiger partial charge in [0, 0.05) is 6.10 Å². The van der Waals surface area contributed by atoms with E-state index in [0.29, 0.717) is 6.10 Å². The SMILES string of the molecule is CCCC[Si](CCCC)(CCCC)OC(C)CC. The molecule has 1 atom stereocenters. The fourth-order valence-electron chi connectivity index (χ4n) is 2.56. The van der Waals surface area contributed by atoms with Crippen LogP contribution in [0, 0.1) is 0 Å². The molecule has 0 aliphatic heterocycles. The van der Waals surface area contributed by atoms with Gasteiger partial charge in [0.05, 0.1) is 0 Å². The zero-order chi connectivity index (χ0) is 13.9. The summed E-state index contributed by atoms with van der Waals surface area (Å²) in [6.07, 6.45) is 9.70. The highest BCUT2D eigenvalue weighted by Crippen LogP contribution is 2.31. The van der Waals surface area contributed by atoms with Crippen LogP contribution in [0.15, 0.2) is 0 Å². The minimum atomic E-state index is -1.44. The van der Waals surface area contributed by atoms with Crippen LogP contribution in [-0.4, -0.2) is 14.4 Å². The van der Waals surface area contributed by atoms with Crippen molar-refractivity contribution in [1.29, 1.82) is 0 Å². The van der Waals surface area contributed by atoms with Gasteiger partial charge in [0.2, 0.25) is 0 Å². The molecule has 0 amide bonds. The van der Waals surface area contributed by atoms with Crippen molar-refractivity contribution in [3.8, 4) is 0 Å². The second-order valence-electron chi connectivity index (χ2n) is 5.83. The van der Waals surface area contributed by atoms with Gasteiger partial charge in [-0.3, -0.25) is 0 Å². The van der Waals surface area contributed by atoms with E-state index < -0.39 is 8.32 Å². The second kappa shape index (κ2) is 11.0. The summed E-state index contributed by atoms with van der Waals surface area (Å²) in [6.45, 7) is 11.4. The first kappa shape index (κ1) is 18.2. The third-order valence-electron chi connectivity index (χ3n) is 3.98. The molecule has 0 N–H and O–H groups in total. The monoisotopic (exact) mass is 272 g/mol. The van der Waals surface area contributed by atoms with Gasteiger partial charge in [-0.1, -0.05) is 66.2 Å². The number of hydrogen-bond donors (Lipinski definition) is 0. The molecule has 0 rings (SSSR count). The maximum Gasteiger partial charge on any atom is 0.193 e. The Kier molecular flexibility index (Phi) is 11.1. The Balaban J connectivity index is 4.61. The van der Waals surface area contributed by atoms with Gasteiger partial charge in [0.1, 0.15) is 0 Å². The predicted octanol–water partition coefficient (Wildman–Crippen LogP) is 6.15. The highest BCUT2D eigenvalue weighted by atomic mass is 28.4. The average molecular weight is 273 g/mol. The van der Waals surface area contributed by atoms with E-state index in [9.17, 15) is 0 Å². The largest absolute Gasteiger partial charge is 0.414 e. The van der Waals surface area contributed by atoms with Crippen LogP contribution in [0.5, 0.6) is 0 Å². The zero-order valence-corrected chi connectivity index (χ0v) is 14.6. The first-order valence-electron chi connectivity index (χ1n) is 8.31. The molecule has 0 spiro atoms. The maximum absolute atomic E-state index is 6.63. The van der Waals surface area contributed by atoms with Crippen LogP contribution in [0.4, 0.5) is 0 Å². The maximum atomic E-state index is 6.63. The van der Waals surface area contributed by atoms with Gasteiger partial charge in [0.25, 0.3) is 0 Å². The lowest BCUT2D eigenvalue weighted by Gasteiger charge is -2.34. The first-order valence-corrected chi connectivity index (χ1v) is 10.8. The predicted molar refractivity (Wildman–Crippen MR) is 85.7 cm³/mol. The van der Waals surface area contributed by atoms with Crippen molar-refractivity contribution >= 4 is 8.32 Å². The molecule has 18 heavy (non-hydrogen) atoms. The lowest BCUT2D eigenvalue weighted by Crippen LogP contribution is -2.41. The van der Waals surface area contributed by atoms with E-state index in [4.69, 9.17) is 4.43 Å². The van der Waals surface area contributed by atoms with Crippen molar-refractivity contribution in [2.45, 2.75) is 104 Å². The Morgan fingerprint density at radius 1 is 0.778 bits per heavy atom. The van der Waals surface area contributed by atoms with E-state index in [1.54, 1.807) is 0 Å². The summed E-state index contributed by atoms with van der Waals surface area (Å²) in [5.74, 6) is 0. The van der Waals surface area contributed by atoms with Gasteiger partial charge in [-0.15, -0.1) is 0 Å². The van der Waals surface area contributed by atoms with Crippen LogP contribution in [0.1, 0.15) is 79.6 Å². The van der Waals surface area contributed by atoms with E-state index in [1.165, 1.54) is 63.1 Å². The van der Waals surface area contributed by atoms with Crippen LogP contribution in [0.25, 0.3) is 0 Å². The summed E-state index contributed by atoms with van der Waals surface area (Å²) in [7, 11) is -1.44. The van der Waals surface area contributed by atoms with Gasteiger partial charge in [-0.05, 0) is 31.5 Å². The Morgan fingerprint density at radius 2 is 1.17 bits per heavy atom. The van der Waals surface area contributed by atoms with Gasteiger partial charge in [0.15, 0.2) is 8.32 Å². The van der Waals surface area contributed by atoms with Crippen LogP contribution in [0.2, 0.25) is 18.1 Å².